The lowest BCUT2D eigenvalue weighted by Gasteiger charge is -2.38. The number of hydrogen-bond donors (Lipinski definition) is 2. The molecule has 1 aliphatic rings. The van der Waals surface area contributed by atoms with Crippen molar-refractivity contribution in [2.45, 2.75) is 50.5 Å². The molecular weight excluding hydrogens is 518 g/mol. The van der Waals surface area contributed by atoms with Crippen molar-refractivity contribution in [3.8, 4) is 28.4 Å². The number of rotatable bonds is 9. The number of esters is 1. The SMILES string of the molecule is COc1cc2c(c(OC)c1OC)-c1ccc(C)c(=O)cc1C(NC(C)=O)(C(S)OC(=O)CCCCl)CC2. The van der Waals surface area contributed by atoms with Gasteiger partial charge in [0.1, 0.15) is 5.54 Å². The molecule has 0 heterocycles. The van der Waals surface area contributed by atoms with Gasteiger partial charge in [-0.15, -0.1) is 24.2 Å². The number of hydrogen-bond acceptors (Lipinski definition) is 8. The maximum absolute atomic E-state index is 13.1. The molecule has 0 fully saturated rings. The summed E-state index contributed by atoms with van der Waals surface area (Å²) in [6.07, 6.45) is 1.21. The van der Waals surface area contributed by atoms with Crippen molar-refractivity contribution in [1.29, 1.82) is 0 Å². The van der Waals surface area contributed by atoms with Gasteiger partial charge in [-0.3, -0.25) is 14.4 Å². The van der Waals surface area contributed by atoms with E-state index >= 15 is 0 Å². The second-order valence-electron chi connectivity index (χ2n) is 8.82. The summed E-state index contributed by atoms with van der Waals surface area (Å²) in [4.78, 5) is 38.3. The normalized spacial score (nSPS) is 16.9. The van der Waals surface area contributed by atoms with Crippen LogP contribution >= 0.6 is 24.2 Å². The number of thiol groups is 1. The smallest absolute Gasteiger partial charge is 0.307 e. The van der Waals surface area contributed by atoms with Crippen LogP contribution in [0.2, 0.25) is 0 Å². The zero-order valence-corrected chi connectivity index (χ0v) is 23.3. The van der Waals surface area contributed by atoms with Crippen LogP contribution in [0.15, 0.2) is 29.1 Å². The number of amides is 1. The molecule has 10 heteroatoms. The van der Waals surface area contributed by atoms with Gasteiger partial charge in [0.05, 0.1) is 21.3 Å². The second kappa shape index (κ2) is 12.1. The third-order valence-corrected chi connectivity index (χ3v) is 7.30. The van der Waals surface area contributed by atoms with Gasteiger partial charge in [0.2, 0.25) is 11.7 Å². The zero-order valence-electron chi connectivity index (χ0n) is 21.6. The van der Waals surface area contributed by atoms with Crippen LogP contribution in [0.5, 0.6) is 17.2 Å². The monoisotopic (exact) mass is 549 g/mol. The average Bonchev–Trinajstić information content (AvgIpc) is 3.09. The van der Waals surface area contributed by atoms with E-state index in [-0.39, 0.29) is 24.2 Å². The summed E-state index contributed by atoms with van der Waals surface area (Å²) in [5.74, 6) is 0.714. The molecule has 0 bridgehead atoms. The summed E-state index contributed by atoms with van der Waals surface area (Å²) in [6, 6.07) is 6.84. The molecule has 0 aliphatic heterocycles. The van der Waals surface area contributed by atoms with Crippen molar-refractivity contribution >= 4 is 36.1 Å². The van der Waals surface area contributed by atoms with Gasteiger partial charge in [0.15, 0.2) is 22.4 Å². The van der Waals surface area contributed by atoms with E-state index in [1.165, 1.54) is 34.3 Å². The largest absolute Gasteiger partial charge is 0.493 e. The lowest BCUT2D eigenvalue weighted by molar-refractivity contribution is -0.149. The van der Waals surface area contributed by atoms with Gasteiger partial charge in [-0.1, -0.05) is 12.1 Å². The molecule has 0 spiro atoms. The molecular formula is C27H32ClNO7S. The number of fused-ring (bicyclic) bond motifs is 3. The van der Waals surface area contributed by atoms with E-state index in [1.807, 2.05) is 6.07 Å². The summed E-state index contributed by atoms with van der Waals surface area (Å²) >= 11 is 10.4. The number of nitrogens with one attached hydrogen (secondary N) is 1. The van der Waals surface area contributed by atoms with E-state index in [4.69, 9.17) is 30.5 Å². The summed E-state index contributed by atoms with van der Waals surface area (Å²) in [6.45, 7) is 3.08. The molecule has 2 aromatic rings. The standard InChI is InChI=1S/C27H32ClNO7S/c1-15-8-9-18-19(14-20(15)31)27(29-16(2)30,26(37)36-22(32)7-6-12-28)11-10-17-13-21(33-3)24(34-4)25(35-5)23(17)18/h8-9,13-14,26,37H,6-7,10-12H2,1-5H3,(H,29,30). The van der Waals surface area contributed by atoms with E-state index in [0.29, 0.717) is 58.2 Å². The fraction of sp³-hybridized carbons (Fsp3) is 0.444. The van der Waals surface area contributed by atoms with Crippen LogP contribution in [-0.4, -0.2) is 44.5 Å². The van der Waals surface area contributed by atoms with E-state index in [1.54, 1.807) is 19.1 Å². The molecule has 0 saturated carbocycles. The van der Waals surface area contributed by atoms with Gasteiger partial charge < -0.3 is 24.3 Å². The predicted octanol–water partition coefficient (Wildman–Crippen LogP) is 4.14. The van der Waals surface area contributed by atoms with E-state index in [2.05, 4.69) is 17.9 Å². The van der Waals surface area contributed by atoms with Gasteiger partial charge in [0, 0.05) is 24.8 Å². The molecule has 2 aromatic carbocycles. The number of carbonyl (C=O) groups excluding carboxylic acids is 2. The van der Waals surface area contributed by atoms with Crippen LogP contribution in [0, 0.1) is 6.92 Å². The highest BCUT2D eigenvalue weighted by Crippen LogP contribution is 2.52. The quantitative estimate of drug-likeness (QED) is 0.210. The highest BCUT2D eigenvalue weighted by atomic mass is 35.5. The molecule has 0 aromatic heterocycles. The van der Waals surface area contributed by atoms with Crippen molar-refractivity contribution < 1.29 is 28.5 Å². The van der Waals surface area contributed by atoms with Crippen LogP contribution in [0.4, 0.5) is 0 Å². The fourth-order valence-electron chi connectivity index (χ4n) is 4.71. The number of aryl methyl sites for hydroxylation is 2. The van der Waals surface area contributed by atoms with Crippen LogP contribution in [0.1, 0.15) is 42.9 Å². The molecule has 200 valence electrons. The third-order valence-electron chi connectivity index (χ3n) is 6.48. The zero-order chi connectivity index (χ0) is 27.3. The first-order valence-corrected chi connectivity index (χ1v) is 12.9. The Kier molecular flexibility index (Phi) is 9.36. The second-order valence-corrected chi connectivity index (χ2v) is 9.67. The minimum Gasteiger partial charge on any atom is -0.493 e. The summed E-state index contributed by atoms with van der Waals surface area (Å²) in [7, 11) is 4.57. The van der Waals surface area contributed by atoms with Crippen molar-refractivity contribution in [1.82, 2.24) is 5.32 Å². The highest BCUT2D eigenvalue weighted by Gasteiger charge is 2.46. The van der Waals surface area contributed by atoms with Crippen LogP contribution in [-0.2, 0) is 26.3 Å². The average molecular weight is 550 g/mol. The Balaban J connectivity index is 2.40. The Morgan fingerprint density at radius 1 is 1.14 bits per heavy atom. The molecule has 3 rings (SSSR count). The topological polar surface area (TPSA) is 100 Å². The molecule has 2 atom stereocenters. The van der Waals surface area contributed by atoms with Gasteiger partial charge in [-0.2, -0.15) is 0 Å². The molecule has 37 heavy (non-hydrogen) atoms. The number of methoxy groups -OCH3 is 3. The van der Waals surface area contributed by atoms with Gasteiger partial charge >= 0.3 is 5.97 Å². The first kappa shape index (κ1) is 28.7. The van der Waals surface area contributed by atoms with Crippen molar-refractivity contribution in [2.75, 3.05) is 27.2 Å². The van der Waals surface area contributed by atoms with Crippen LogP contribution < -0.4 is 25.0 Å². The molecule has 1 amide bonds. The Bertz CT molecular complexity index is 1250. The molecule has 1 aliphatic carbocycles. The number of benzene rings is 1. The van der Waals surface area contributed by atoms with E-state index in [0.717, 1.165) is 5.56 Å². The van der Waals surface area contributed by atoms with Crippen molar-refractivity contribution in [2.24, 2.45) is 0 Å². The molecule has 8 nitrogen and oxygen atoms in total. The van der Waals surface area contributed by atoms with E-state index in [9.17, 15) is 14.4 Å². The minimum atomic E-state index is -1.34. The molecule has 2 unspecified atom stereocenters. The van der Waals surface area contributed by atoms with Gasteiger partial charge in [-0.25, -0.2) is 0 Å². The summed E-state index contributed by atoms with van der Waals surface area (Å²) < 4.78 is 22.7. The highest BCUT2D eigenvalue weighted by molar-refractivity contribution is 7.80. The number of carbonyl (C=O) groups is 2. The summed E-state index contributed by atoms with van der Waals surface area (Å²) in [5, 5.41) is 2.98. The van der Waals surface area contributed by atoms with Gasteiger partial charge in [-0.05, 0) is 60.6 Å². The third kappa shape index (κ3) is 5.67. The molecule has 1 N–H and O–H groups in total. The fourth-order valence-corrected chi connectivity index (χ4v) is 5.30. The molecule has 0 saturated heterocycles. The lowest BCUT2D eigenvalue weighted by atomic mass is 9.84. The van der Waals surface area contributed by atoms with Crippen LogP contribution in [0.3, 0.4) is 0 Å². The Morgan fingerprint density at radius 3 is 2.43 bits per heavy atom. The van der Waals surface area contributed by atoms with Crippen LogP contribution in [0.25, 0.3) is 11.1 Å². The number of alkyl halides is 1. The predicted molar refractivity (Wildman–Crippen MR) is 145 cm³/mol. The van der Waals surface area contributed by atoms with Gasteiger partial charge in [0.25, 0.3) is 0 Å². The van der Waals surface area contributed by atoms with E-state index < -0.39 is 16.9 Å². The number of ether oxygens (including phenoxy) is 4. The maximum Gasteiger partial charge on any atom is 0.307 e. The Hall–Kier alpha value is -2.91. The Labute approximate surface area is 227 Å². The van der Waals surface area contributed by atoms with Crippen molar-refractivity contribution in [3.63, 3.8) is 0 Å². The summed E-state index contributed by atoms with van der Waals surface area (Å²) in [5.41, 5.74) is 0.406. The number of halogens is 1. The first-order valence-electron chi connectivity index (χ1n) is 11.8. The minimum absolute atomic E-state index is 0.0977. The molecule has 0 radical (unpaired) electrons. The lowest BCUT2D eigenvalue weighted by Crippen LogP contribution is -2.53. The Morgan fingerprint density at radius 2 is 1.84 bits per heavy atom. The maximum atomic E-state index is 13.1. The van der Waals surface area contributed by atoms with Crippen molar-refractivity contribution in [3.05, 3.63) is 51.2 Å². The first-order chi connectivity index (χ1) is 17.6.